The molecular formula is C12H13ClF2O2. The SMILES string of the molecule is CCc1cc(C(Cl)C(C)=O)ccc1OC(F)F. The average Bonchev–Trinajstić information content (AvgIpc) is 2.27. The van der Waals surface area contributed by atoms with Crippen molar-refractivity contribution in [2.75, 3.05) is 0 Å². The zero-order valence-corrected chi connectivity index (χ0v) is 10.3. The molecule has 0 aromatic heterocycles. The molecule has 0 fully saturated rings. The van der Waals surface area contributed by atoms with Crippen LogP contribution in [0.4, 0.5) is 8.78 Å². The molecule has 0 spiro atoms. The van der Waals surface area contributed by atoms with Crippen LogP contribution < -0.4 is 4.74 Å². The van der Waals surface area contributed by atoms with Crippen LogP contribution in [0.15, 0.2) is 18.2 Å². The third-order valence-corrected chi connectivity index (χ3v) is 2.89. The number of aryl methyl sites for hydroxylation is 1. The molecule has 1 atom stereocenters. The molecular weight excluding hydrogens is 250 g/mol. The molecule has 2 nitrogen and oxygen atoms in total. The normalized spacial score (nSPS) is 12.6. The molecule has 0 saturated carbocycles. The van der Waals surface area contributed by atoms with Crippen molar-refractivity contribution in [1.82, 2.24) is 0 Å². The van der Waals surface area contributed by atoms with Crippen LogP contribution in [0.5, 0.6) is 5.75 Å². The molecule has 1 aromatic rings. The van der Waals surface area contributed by atoms with Crippen LogP contribution in [0.1, 0.15) is 30.4 Å². The summed E-state index contributed by atoms with van der Waals surface area (Å²) in [5, 5.41) is -0.749. The zero-order valence-electron chi connectivity index (χ0n) is 9.54. The summed E-state index contributed by atoms with van der Waals surface area (Å²) in [6, 6.07) is 4.56. The van der Waals surface area contributed by atoms with E-state index in [0.29, 0.717) is 17.5 Å². The minimum Gasteiger partial charge on any atom is -0.435 e. The number of hydrogen-bond donors (Lipinski definition) is 0. The molecule has 0 heterocycles. The number of ether oxygens (including phenoxy) is 1. The molecule has 1 unspecified atom stereocenters. The maximum absolute atomic E-state index is 12.1. The summed E-state index contributed by atoms with van der Waals surface area (Å²) < 4.78 is 28.6. The molecule has 0 aliphatic heterocycles. The first-order valence-electron chi connectivity index (χ1n) is 5.17. The molecule has 94 valence electrons. The van der Waals surface area contributed by atoms with Gasteiger partial charge in [-0.05, 0) is 30.5 Å². The van der Waals surface area contributed by atoms with E-state index in [-0.39, 0.29) is 11.5 Å². The van der Waals surface area contributed by atoms with Crippen molar-refractivity contribution in [2.24, 2.45) is 0 Å². The zero-order chi connectivity index (χ0) is 13.0. The summed E-state index contributed by atoms with van der Waals surface area (Å²) in [7, 11) is 0. The number of ketones is 1. The molecule has 0 N–H and O–H groups in total. The van der Waals surface area contributed by atoms with Gasteiger partial charge in [-0.25, -0.2) is 0 Å². The number of carbonyl (C=O) groups is 1. The molecule has 0 aliphatic rings. The molecule has 0 bridgehead atoms. The summed E-state index contributed by atoms with van der Waals surface area (Å²) in [5.74, 6) is -0.0603. The predicted molar refractivity (Wildman–Crippen MR) is 61.7 cm³/mol. The lowest BCUT2D eigenvalue weighted by Gasteiger charge is -2.12. The molecule has 1 aromatic carbocycles. The minimum absolute atomic E-state index is 0.124. The van der Waals surface area contributed by atoms with Crippen molar-refractivity contribution in [3.8, 4) is 5.75 Å². The van der Waals surface area contributed by atoms with E-state index in [1.807, 2.05) is 6.92 Å². The first kappa shape index (κ1) is 13.9. The quantitative estimate of drug-likeness (QED) is 0.756. The number of alkyl halides is 3. The van der Waals surface area contributed by atoms with Gasteiger partial charge in [0.05, 0.1) is 0 Å². The van der Waals surface area contributed by atoms with E-state index in [9.17, 15) is 13.6 Å². The number of benzene rings is 1. The van der Waals surface area contributed by atoms with E-state index >= 15 is 0 Å². The second-order valence-corrected chi connectivity index (χ2v) is 4.01. The van der Waals surface area contributed by atoms with Gasteiger partial charge in [-0.15, -0.1) is 11.6 Å². The van der Waals surface area contributed by atoms with E-state index in [2.05, 4.69) is 4.74 Å². The first-order valence-corrected chi connectivity index (χ1v) is 5.61. The lowest BCUT2D eigenvalue weighted by atomic mass is 10.0. The van der Waals surface area contributed by atoms with Crippen LogP contribution in [-0.4, -0.2) is 12.4 Å². The van der Waals surface area contributed by atoms with Crippen LogP contribution in [0.3, 0.4) is 0 Å². The van der Waals surface area contributed by atoms with Crippen LogP contribution >= 0.6 is 11.6 Å². The summed E-state index contributed by atoms with van der Waals surface area (Å²) in [6.07, 6.45) is 0.525. The standard InChI is InChI=1S/C12H13ClF2O2/c1-3-8-6-9(11(13)7(2)16)4-5-10(8)17-12(14)15/h4-6,11-12H,3H2,1-2H3. The second-order valence-electron chi connectivity index (χ2n) is 3.57. The van der Waals surface area contributed by atoms with Gasteiger partial charge in [0.2, 0.25) is 0 Å². The van der Waals surface area contributed by atoms with Crippen LogP contribution in [0.25, 0.3) is 0 Å². The molecule has 5 heteroatoms. The lowest BCUT2D eigenvalue weighted by molar-refractivity contribution is -0.116. The summed E-state index contributed by atoms with van der Waals surface area (Å²) in [6.45, 7) is 0.340. The second kappa shape index (κ2) is 5.96. The van der Waals surface area contributed by atoms with Gasteiger partial charge in [-0.2, -0.15) is 8.78 Å². The highest BCUT2D eigenvalue weighted by Gasteiger charge is 2.16. The number of carbonyl (C=O) groups excluding carboxylic acids is 1. The van der Waals surface area contributed by atoms with Gasteiger partial charge in [-0.1, -0.05) is 19.1 Å². The topological polar surface area (TPSA) is 26.3 Å². The molecule has 0 radical (unpaired) electrons. The van der Waals surface area contributed by atoms with E-state index < -0.39 is 12.0 Å². The van der Waals surface area contributed by atoms with Crippen LogP contribution in [0.2, 0.25) is 0 Å². The van der Waals surface area contributed by atoms with Crippen LogP contribution in [0, 0.1) is 0 Å². The number of Topliss-reactive ketones (excluding diaryl/α,β-unsaturated/α-hetero) is 1. The number of rotatable bonds is 5. The highest BCUT2D eigenvalue weighted by molar-refractivity contribution is 6.30. The van der Waals surface area contributed by atoms with Crippen molar-refractivity contribution in [1.29, 1.82) is 0 Å². The Hall–Kier alpha value is -1.16. The Bertz CT molecular complexity index is 407. The largest absolute Gasteiger partial charge is 0.435 e. The van der Waals surface area contributed by atoms with Gasteiger partial charge in [-0.3, -0.25) is 4.79 Å². The van der Waals surface area contributed by atoms with E-state index in [1.165, 1.54) is 19.1 Å². The van der Waals surface area contributed by atoms with Gasteiger partial charge < -0.3 is 4.74 Å². The van der Waals surface area contributed by atoms with Crippen molar-refractivity contribution in [3.63, 3.8) is 0 Å². The third-order valence-electron chi connectivity index (χ3n) is 2.33. The molecule has 0 amide bonds. The maximum Gasteiger partial charge on any atom is 0.387 e. The van der Waals surface area contributed by atoms with Crippen molar-refractivity contribution in [3.05, 3.63) is 29.3 Å². The Morgan fingerprint density at radius 3 is 2.59 bits per heavy atom. The fourth-order valence-electron chi connectivity index (χ4n) is 1.48. The van der Waals surface area contributed by atoms with Crippen molar-refractivity contribution in [2.45, 2.75) is 32.3 Å². The lowest BCUT2D eigenvalue weighted by Crippen LogP contribution is -2.06. The average molecular weight is 263 g/mol. The molecule has 0 saturated heterocycles. The summed E-state index contributed by atoms with van der Waals surface area (Å²) in [4.78, 5) is 11.1. The predicted octanol–water partition coefficient (Wildman–Crippen LogP) is 3.72. The van der Waals surface area contributed by atoms with Gasteiger partial charge >= 0.3 is 6.61 Å². The highest BCUT2D eigenvalue weighted by Crippen LogP contribution is 2.28. The van der Waals surface area contributed by atoms with E-state index in [4.69, 9.17) is 11.6 Å². The van der Waals surface area contributed by atoms with Gasteiger partial charge in [0.1, 0.15) is 11.1 Å². The summed E-state index contributed by atoms with van der Waals surface area (Å²) in [5.41, 5.74) is 1.20. The van der Waals surface area contributed by atoms with Crippen LogP contribution in [-0.2, 0) is 11.2 Å². The fraction of sp³-hybridized carbons (Fsp3) is 0.417. The fourth-order valence-corrected chi connectivity index (χ4v) is 1.61. The molecule has 17 heavy (non-hydrogen) atoms. The van der Waals surface area contributed by atoms with E-state index in [1.54, 1.807) is 6.07 Å². The van der Waals surface area contributed by atoms with E-state index in [0.717, 1.165) is 0 Å². The third kappa shape index (κ3) is 3.66. The Balaban J connectivity index is 3.03. The smallest absolute Gasteiger partial charge is 0.387 e. The highest BCUT2D eigenvalue weighted by atomic mass is 35.5. The maximum atomic E-state index is 12.1. The van der Waals surface area contributed by atoms with Gasteiger partial charge in [0, 0.05) is 0 Å². The van der Waals surface area contributed by atoms with Crippen molar-refractivity contribution < 1.29 is 18.3 Å². The Kier molecular flexibility index (Phi) is 4.87. The van der Waals surface area contributed by atoms with Crippen molar-refractivity contribution >= 4 is 17.4 Å². The Morgan fingerprint density at radius 2 is 2.12 bits per heavy atom. The van der Waals surface area contributed by atoms with Gasteiger partial charge in [0.25, 0.3) is 0 Å². The molecule has 1 rings (SSSR count). The number of halogens is 3. The monoisotopic (exact) mass is 262 g/mol. The minimum atomic E-state index is -2.86. The Labute approximate surface area is 104 Å². The number of hydrogen-bond acceptors (Lipinski definition) is 2. The first-order chi connectivity index (χ1) is 7.95. The Morgan fingerprint density at radius 1 is 1.47 bits per heavy atom. The van der Waals surface area contributed by atoms with Gasteiger partial charge in [0.15, 0.2) is 5.78 Å². The summed E-state index contributed by atoms with van der Waals surface area (Å²) >= 11 is 5.89. The molecule has 0 aliphatic carbocycles.